The molecule has 1 aromatic carbocycles. The summed E-state index contributed by atoms with van der Waals surface area (Å²) >= 11 is 1.60. The Kier molecular flexibility index (Phi) is 5.08. The van der Waals surface area contributed by atoms with Crippen LogP contribution in [0.5, 0.6) is 0 Å². The number of methoxy groups -OCH3 is 1. The molecule has 0 bridgehead atoms. The molecule has 5 nitrogen and oxygen atoms in total. The van der Waals surface area contributed by atoms with Gasteiger partial charge < -0.3 is 15.2 Å². The topological polar surface area (TPSA) is 67.3 Å². The zero-order valence-corrected chi connectivity index (χ0v) is 14.9. The van der Waals surface area contributed by atoms with Gasteiger partial charge in [0, 0.05) is 24.6 Å². The van der Waals surface area contributed by atoms with Crippen molar-refractivity contribution in [1.82, 2.24) is 9.97 Å². The highest BCUT2D eigenvalue weighted by atomic mass is 32.1. The smallest absolute Gasteiger partial charge is 0.138 e. The fraction of sp³-hybridized carbons (Fsp3) is 0.333. The highest BCUT2D eigenvalue weighted by molar-refractivity contribution is 7.17. The molecule has 0 saturated heterocycles. The van der Waals surface area contributed by atoms with Crippen molar-refractivity contribution in [2.45, 2.75) is 20.0 Å². The van der Waals surface area contributed by atoms with E-state index < -0.39 is 6.10 Å². The minimum absolute atomic E-state index is 0.287. The summed E-state index contributed by atoms with van der Waals surface area (Å²) in [6.45, 7) is 4.89. The van der Waals surface area contributed by atoms with E-state index in [2.05, 4.69) is 52.7 Å². The van der Waals surface area contributed by atoms with Crippen LogP contribution in [-0.2, 0) is 4.74 Å². The number of aliphatic hydroxyl groups is 1. The van der Waals surface area contributed by atoms with Crippen molar-refractivity contribution in [3.05, 3.63) is 41.0 Å². The molecule has 0 saturated carbocycles. The molecule has 1 unspecified atom stereocenters. The number of ether oxygens (including phenoxy) is 1. The highest BCUT2D eigenvalue weighted by Crippen LogP contribution is 2.37. The maximum atomic E-state index is 9.86. The molecule has 0 aliphatic heterocycles. The summed E-state index contributed by atoms with van der Waals surface area (Å²) in [7, 11) is 1.57. The first-order valence-electron chi connectivity index (χ1n) is 7.81. The van der Waals surface area contributed by atoms with Crippen molar-refractivity contribution in [1.29, 1.82) is 0 Å². The van der Waals surface area contributed by atoms with Crippen molar-refractivity contribution in [2.24, 2.45) is 0 Å². The van der Waals surface area contributed by atoms with E-state index in [1.807, 2.05) is 0 Å². The van der Waals surface area contributed by atoms with E-state index in [-0.39, 0.29) is 6.61 Å². The van der Waals surface area contributed by atoms with Crippen LogP contribution in [0.1, 0.15) is 11.1 Å². The second kappa shape index (κ2) is 7.25. The van der Waals surface area contributed by atoms with Gasteiger partial charge in [-0.25, -0.2) is 9.97 Å². The van der Waals surface area contributed by atoms with Gasteiger partial charge in [0.05, 0.1) is 18.1 Å². The first-order chi connectivity index (χ1) is 11.6. The number of fused-ring (bicyclic) bond motifs is 1. The Morgan fingerprint density at radius 2 is 2.08 bits per heavy atom. The fourth-order valence-corrected chi connectivity index (χ4v) is 3.51. The molecule has 0 fully saturated rings. The van der Waals surface area contributed by atoms with Crippen LogP contribution in [-0.4, -0.2) is 41.4 Å². The van der Waals surface area contributed by atoms with Gasteiger partial charge in [-0.2, -0.15) is 0 Å². The van der Waals surface area contributed by atoms with Gasteiger partial charge in [0.15, 0.2) is 0 Å². The number of nitrogens with zero attached hydrogens (tertiary/aromatic N) is 2. The van der Waals surface area contributed by atoms with Crippen LogP contribution in [0, 0.1) is 13.8 Å². The summed E-state index contributed by atoms with van der Waals surface area (Å²) < 4.78 is 4.96. The zero-order chi connectivity index (χ0) is 17.1. The van der Waals surface area contributed by atoms with Gasteiger partial charge in [0.25, 0.3) is 0 Å². The van der Waals surface area contributed by atoms with E-state index in [0.717, 1.165) is 27.2 Å². The minimum atomic E-state index is -0.580. The van der Waals surface area contributed by atoms with Crippen LogP contribution in [0.25, 0.3) is 21.3 Å². The van der Waals surface area contributed by atoms with Crippen LogP contribution in [0.15, 0.2) is 29.9 Å². The Hall–Kier alpha value is -2.02. The summed E-state index contributed by atoms with van der Waals surface area (Å²) in [5.74, 6) is 0.740. The summed E-state index contributed by atoms with van der Waals surface area (Å²) in [6, 6.07) is 6.45. The molecular formula is C18H21N3O2S. The van der Waals surface area contributed by atoms with Crippen LogP contribution in [0.4, 0.5) is 5.82 Å². The predicted molar refractivity (Wildman–Crippen MR) is 98.7 cm³/mol. The quantitative estimate of drug-likeness (QED) is 0.718. The number of anilines is 1. The molecular weight excluding hydrogens is 322 g/mol. The van der Waals surface area contributed by atoms with Gasteiger partial charge in [0.1, 0.15) is 17.0 Å². The molecule has 24 heavy (non-hydrogen) atoms. The predicted octanol–water partition coefficient (Wildman–Crippen LogP) is 3.39. The Balaban J connectivity index is 1.99. The van der Waals surface area contributed by atoms with E-state index in [1.165, 1.54) is 11.1 Å². The van der Waals surface area contributed by atoms with E-state index >= 15 is 0 Å². The summed E-state index contributed by atoms with van der Waals surface area (Å²) in [4.78, 5) is 9.67. The summed E-state index contributed by atoms with van der Waals surface area (Å²) in [5.41, 5.74) is 4.80. The molecule has 0 radical (unpaired) electrons. The normalized spacial score (nSPS) is 12.5. The maximum Gasteiger partial charge on any atom is 0.138 e. The van der Waals surface area contributed by atoms with E-state index in [4.69, 9.17) is 4.74 Å². The number of thiophene rings is 1. The number of aryl methyl sites for hydroxylation is 2. The lowest BCUT2D eigenvalue weighted by Gasteiger charge is -2.12. The van der Waals surface area contributed by atoms with Crippen molar-refractivity contribution in [2.75, 3.05) is 25.6 Å². The number of rotatable bonds is 6. The second-order valence-electron chi connectivity index (χ2n) is 5.84. The molecule has 1 atom stereocenters. The number of hydrogen-bond donors (Lipinski definition) is 2. The first-order valence-corrected chi connectivity index (χ1v) is 8.68. The minimum Gasteiger partial charge on any atom is -0.389 e. The summed E-state index contributed by atoms with van der Waals surface area (Å²) in [5, 5.41) is 16.2. The van der Waals surface area contributed by atoms with Gasteiger partial charge in [0.2, 0.25) is 0 Å². The number of aliphatic hydroxyl groups excluding tert-OH is 1. The lowest BCUT2D eigenvalue weighted by molar-refractivity contribution is 0.0727. The largest absolute Gasteiger partial charge is 0.389 e. The van der Waals surface area contributed by atoms with E-state index in [9.17, 15) is 5.11 Å². The molecule has 0 aliphatic carbocycles. The van der Waals surface area contributed by atoms with Gasteiger partial charge >= 0.3 is 0 Å². The average molecular weight is 343 g/mol. The van der Waals surface area contributed by atoms with E-state index in [0.29, 0.717) is 6.54 Å². The van der Waals surface area contributed by atoms with Crippen LogP contribution >= 0.6 is 11.3 Å². The third kappa shape index (κ3) is 3.40. The standard InChI is InChI=1S/C18H21N3O2S/c1-11-4-5-13(6-12(11)2)15-9-24-18-16(15)17(20-10-21-18)19-7-14(22)8-23-3/h4-6,9-10,14,22H,7-8H2,1-3H3,(H,19,20,21). The number of nitrogens with one attached hydrogen (secondary N) is 1. The Morgan fingerprint density at radius 3 is 2.83 bits per heavy atom. The summed E-state index contributed by atoms with van der Waals surface area (Å²) in [6.07, 6.45) is 0.970. The van der Waals surface area contributed by atoms with Gasteiger partial charge in [-0.15, -0.1) is 11.3 Å². The third-order valence-electron chi connectivity index (χ3n) is 4.05. The SMILES string of the molecule is COCC(O)CNc1ncnc2scc(-c3ccc(C)c(C)c3)c12. The fourth-order valence-electron chi connectivity index (χ4n) is 2.60. The second-order valence-corrected chi connectivity index (χ2v) is 6.70. The van der Waals surface area contributed by atoms with Crippen molar-refractivity contribution in [3.63, 3.8) is 0 Å². The monoisotopic (exact) mass is 343 g/mol. The molecule has 0 spiro atoms. The van der Waals surface area contributed by atoms with Gasteiger partial charge in [-0.3, -0.25) is 0 Å². The van der Waals surface area contributed by atoms with Crippen LogP contribution in [0.2, 0.25) is 0 Å². The Bertz CT molecular complexity index is 847. The molecule has 3 aromatic rings. The van der Waals surface area contributed by atoms with Gasteiger partial charge in [-0.05, 0) is 30.5 Å². The van der Waals surface area contributed by atoms with Crippen molar-refractivity contribution >= 4 is 27.4 Å². The Labute approximate surface area is 145 Å². The number of aromatic nitrogens is 2. The number of benzene rings is 1. The maximum absolute atomic E-state index is 9.86. The van der Waals surface area contributed by atoms with Gasteiger partial charge in [-0.1, -0.05) is 18.2 Å². The molecule has 2 heterocycles. The molecule has 0 amide bonds. The lowest BCUT2D eigenvalue weighted by Crippen LogP contribution is -2.24. The highest BCUT2D eigenvalue weighted by Gasteiger charge is 2.14. The lowest BCUT2D eigenvalue weighted by atomic mass is 10.0. The molecule has 3 rings (SSSR count). The average Bonchev–Trinajstić information content (AvgIpc) is 3.00. The van der Waals surface area contributed by atoms with E-state index in [1.54, 1.807) is 24.8 Å². The molecule has 2 aromatic heterocycles. The van der Waals surface area contributed by atoms with Crippen LogP contribution < -0.4 is 5.32 Å². The zero-order valence-electron chi connectivity index (χ0n) is 14.0. The number of hydrogen-bond acceptors (Lipinski definition) is 6. The molecule has 2 N–H and O–H groups in total. The first kappa shape index (κ1) is 16.8. The third-order valence-corrected chi connectivity index (χ3v) is 4.94. The van der Waals surface area contributed by atoms with Crippen LogP contribution in [0.3, 0.4) is 0 Å². The molecule has 6 heteroatoms. The van der Waals surface area contributed by atoms with Crippen molar-refractivity contribution < 1.29 is 9.84 Å². The van der Waals surface area contributed by atoms with Crippen molar-refractivity contribution in [3.8, 4) is 11.1 Å². The molecule has 0 aliphatic rings. The Morgan fingerprint density at radius 1 is 1.25 bits per heavy atom. The molecule has 126 valence electrons.